The fourth-order valence-corrected chi connectivity index (χ4v) is 2.73. The summed E-state index contributed by atoms with van der Waals surface area (Å²) < 4.78 is 6.05. The molecule has 114 valence electrons. The van der Waals surface area contributed by atoms with Gasteiger partial charge in [-0.05, 0) is 56.2 Å². The molecule has 0 amide bonds. The van der Waals surface area contributed by atoms with E-state index in [4.69, 9.17) is 4.74 Å². The van der Waals surface area contributed by atoms with E-state index in [0.717, 1.165) is 18.3 Å². The SMILES string of the molecule is CN=C(NCc1cccc(OC2CCCC2)c1)NC1CC1. The van der Waals surface area contributed by atoms with E-state index in [-0.39, 0.29) is 0 Å². The highest BCUT2D eigenvalue weighted by atomic mass is 16.5. The molecule has 2 fully saturated rings. The van der Waals surface area contributed by atoms with Gasteiger partial charge in [0, 0.05) is 19.6 Å². The third-order valence-electron chi connectivity index (χ3n) is 4.11. The lowest BCUT2D eigenvalue weighted by Gasteiger charge is -2.15. The van der Waals surface area contributed by atoms with E-state index in [0.29, 0.717) is 12.1 Å². The maximum absolute atomic E-state index is 6.05. The normalized spacial score (nSPS) is 19.6. The van der Waals surface area contributed by atoms with Gasteiger partial charge in [-0.15, -0.1) is 0 Å². The van der Waals surface area contributed by atoms with Crippen LogP contribution >= 0.6 is 0 Å². The summed E-state index contributed by atoms with van der Waals surface area (Å²) in [6.07, 6.45) is 7.92. The second-order valence-corrected chi connectivity index (χ2v) is 6.02. The molecule has 0 heterocycles. The average Bonchev–Trinajstić information content (AvgIpc) is 3.18. The van der Waals surface area contributed by atoms with E-state index < -0.39 is 0 Å². The Bertz CT molecular complexity index is 491. The summed E-state index contributed by atoms with van der Waals surface area (Å²) in [5.74, 6) is 1.88. The van der Waals surface area contributed by atoms with Crippen LogP contribution < -0.4 is 15.4 Å². The first-order valence-corrected chi connectivity index (χ1v) is 8.06. The summed E-state index contributed by atoms with van der Waals surface area (Å²) in [6.45, 7) is 0.772. The molecule has 0 radical (unpaired) electrons. The maximum atomic E-state index is 6.05. The highest BCUT2D eigenvalue weighted by Crippen LogP contribution is 2.24. The largest absolute Gasteiger partial charge is 0.490 e. The molecule has 0 aliphatic heterocycles. The lowest BCUT2D eigenvalue weighted by molar-refractivity contribution is 0.210. The van der Waals surface area contributed by atoms with Crippen LogP contribution in [0.1, 0.15) is 44.1 Å². The smallest absolute Gasteiger partial charge is 0.191 e. The summed E-state index contributed by atoms with van der Waals surface area (Å²) in [6, 6.07) is 9.00. The molecule has 2 aliphatic carbocycles. The van der Waals surface area contributed by atoms with E-state index >= 15 is 0 Å². The summed E-state index contributed by atoms with van der Waals surface area (Å²) in [5.41, 5.74) is 1.23. The van der Waals surface area contributed by atoms with Gasteiger partial charge in [0.2, 0.25) is 0 Å². The molecule has 0 unspecified atom stereocenters. The molecule has 0 spiro atoms. The minimum absolute atomic E-state index is 0.414. The monoisotopic (exact) mass is 287 g/mol. The van der Waals surface area contributed by atoms with E-state index in [9.17, 15) is 0 Å². The van der Waals surface area contributed by atoms with Crippen molar-refractivity contribution in [2.45, 2.75) is 57.2 Å². The molecule has 21 heavy (non-hydrogen) atoms. The number of aliphatic imine (C=N–C) groups is 1. The van der Waals surface area contributed by atoms with Gasteiger partial charge < -0.3 is 15.4 Å². The second kappa shape index (κ2) is 6.83. The Labute approximate surface area is 127 Å². The van der Waals surface area contributed by atoms with Crippen LogP contribution in [0.2, 0.25) is 0 Å². The van der Waals surface area contributed by atoms with Crippen molar-refractivity contribution in [2.24, 2.45) is 4.99 Å². The number of ether oxygens (including phenoxy) is 1. The summed E-state index contributed by atoms with van der Waals surface area (Å²) in [7, 11) is 1.82. The number of guanidine groups is 1. The Morgan fingerprint density at radius 2 is 2.05 bits per heavy atom. The van der Waals surface area contributed by atoms with E-state index in [1.54, 1.807) is 0 Å². The second-order valence-electron chi connectivity index (χ2n) is 6.02. The first-order chi connectivity index (χ1) is 10.3. The molecule has 0 saturated heterocycles. The van der Waals surface area contributed by atoms with Crippen molar-refractivity contribution in [1.82, 2.24) is 10.6 Å². The summed E-state index contributed by atoms with van der Waals surface area (Å²) >= 11 is 0. The zero-order chi connectivity index (χ0) is 14.5. The molecule has 4 heteroatoms. The lowest BCUT2D eigenvalue weighted by atomic mass is 10.2. The number of benzene rings is 1. The molecule has 1 aromatic rings. The fraction of sp³-hybridized carbons (Fsp3) is 0.588. The van der Waals surface area contributed by atoms with Crippen LogP contribution in [0.3, 0.4) is 0 Å². The molecule has 0 bridgehead atoms. The molecule has 2 N–H and O–H groups in total. The predicted octanol–water partition coefficient (Wildman–Crippen LogP) is 2.84. The third kappa shape index (κ3) is 4.38. The number of hydrogen-bond acceptors (Lipinski definition) is 2. The van der Waals surface area contributed by atoms with Gasteiger partial charge in [0.15, 0.2) is 5.96 Å². The Morgan fingerprint density at radius 1 is 1.24 bits per heavy atom. The fourth-order valence-electron chi connectivity index (χ4n) is 2.73. The van der Waals surface area contributed by atoms with Gasteiger partial charge in [-0.1, -0.05) is 12.1 Å². The Balaban J connectivity index is 1.52. The third-order valence-corrected chi connectivity index (χ3v) is 4.11. The quantitative estimate of drug-likeness (QED) is 0.646. The van der Waals surface area contributed by atoms with Gasteiger partial charge in [0.25, 0.3) is 0 Å². The van der Waals surface area contributed by atoms with Crippen molar-refractivity contribution >= 4 is 5.96 Å². The van der Waals surface area contributed by atoms with Gasteiger partial charge >= 0.3 is 0 Å². The van der Waals surface area contributed by atoms with E-state index in [1.807, 2.05) is 7.05 Å². The zero-order valence-corrected chi connectivity index (χ0v) is 12.8. The summed E-state index contributed by atoms with van der Waals surface area (Å²) in [5, 5.41) is 6.75. The van der Waals surface area contributed by atoms with Gasteiger partial charge in [0.1, 0.15) is 5.75 Å². The molecule has 0 aromatic heterocycles. The maximum Gasteiger partial charge on any atom is 0.191 e. The molecular weight excluding hydrogens is 262 g/mol. The van der Waals surface area contributed by atoms with E-state index in [1.165, 1.54) is 44.1 Å². The van der Waals surface area contributed by atoms with Gasteiger partial charge in [-0.3, -0.25) is 4.99 Å². The minimum atomic E-state index is 0.414. The van der Waals surface area contributed by atoms with Gasteiger partial charge in [0.05, 0.1) is 6.10 Å². The first kappa shape index (κ1) is 14.2. The van der Waals surface area contributed by atoms with E-state index in [2.05, 4.69) is 39.9 Å². The molecule has 2 saturated carbocycles. The van der Waals surface area contributed by atoms with Crippen LogP contribution in [0, 0.1) is 0 Å². The van der Waals surface area contributed by atoms with Crippen molar-refractivity contribution in [3.05, 3.63) is 29.8 Å². The lowest BCUT2D eigenvalue weighted by Crippen LogP contribution is -2.38. The van der Waals surface area contributed by atoms with Gasteiger partial charge in [-0.2, -0.15) is 0 Å². The predicted molar refractivity (Wildman–Crippen MR) is 85.7 cm³/mol. The van der Waals surface area contributed by atoms with Crippen molar-refractivity contribution in [3.8, 4) is 5.75 Å². The van der Waals surface area contributed by atoms with Crippen LogP contribution in [-0.4, -0.2) is 25.2 Å². The topological polar surface area (TPSA) is 45.7 Å². The van der Waals surface area contributed by atoms with Crippen molar-refractivity contribution in [1.29, 1.82) is 0 Å². The highest BCUT2D eigenvalue weighted by Gasteiger charge is 2.22. The van der Waals surface area contributed by atoms with Crippen molar-refractivity contribution < 1.29 is 4.74 Å². The first-order valence-electron chi connectivity index (χ1n) is 8.06. The Kier molecular flexibility index (Phi) is 4.63. The Morgan fingerprint density at radius 3 is 2.76 bits per heavy atom. The van der Waals surface area contributed by atoms with Crippen LogP contribution in [0.15, 0.2) is 29.3 Å². The standard InChI is InChI=1S/C17H25N3O/c1-18-17(20-14-9-10-14)19-12-13-5-4-8-16(11-13)21-15-6-2-3-7-15/h4-5,8,11,14-15H,2-3,6-7,9-10,12H2,1H3,(H2,18,19,20). The highest BCUT2D eigenvalue weighted by molar-refractivity contribution is 5.80. The number of rotatable bonds is 5. The zero-order valence-electron chi connectivity index (χ0n) is 12.8. The van der Waals surface area contributed by atoms with Crippen molar-refractivity contribution in [2.75, 3.05) is 7.05 Å². The molecule has 4 nitrogen and oxygen atoms in total. The average molecular weight is 287 g/mol. The number of hydrogen-bond donors (Lipinski definition) is 2. The number of nitrogens with zero attached hydrogens (tertiary/aromatic N) is 1. The van der Waals surface area contributed by atoms with Crippen LogP contribution in [-0.2, 0) is 6.54 Å². The summed E-state index contributed by atoms with van der Waals surface area (Å²) in [4.78, 5) is 4.25. The number of nitrogens with one attached hydrogen (secondary N) is 2. The molecule has 2 aliphatic rings. The van der Waals surface area contributed by atoms with Crippen LogP contribution in [0.25, 0.3) is 0 Å². The minimum Gasteiger partial charge on any atom is -0.490 e. The molecule has 0 atom stereocenters. The van der Waals surface area contributed by atoms with Crippen LogP contribution in [0.4, 0.5) is 0 Å². The molecular formula is C17H25N3O. The molecule has 3 rings (SSSR count). The molecule has 1 aromatic carbocycles. The van der Waals surface area contributed by atoms with Gasteiger partial charge in [-0.25, -0.2) is 0 Å². The van der Waals surface area contributed by atoms with Crippen molar-refractivity contribution in [3.63, 3.8) is 0 Å². The van der Waals surface area contributed by atoms with Crippen LogP contribution in [0.5, 0.6) is 5.75 Å². The Hall–Kier alpha value is -1.71.